The van der Waals surface area contributed by atoms with Gasteiger partial charge in [0, 0.05) is 12.1 Å². The molecule has 6 nitrogen and oxygen atoms in total. The maximum atomic E-state index is 12.3. The highest BCUT2D eigenvalue weighted by atomic mass is 35.5. The van der Waals surface area contributed by atoms with Gasteiger partial charge in [0.2, 0.25) is 10.0 Å². The van der Waals surface area contributed by atoms with Crippen LogP contribution >= 0.6 is 11.6 Å². The zero-order valence-electron chi connectivity index (χ0n) is 11.3. The average Bonchev–Trinajstić information content (AvgIpc) is 2.76. The molecular formula is C13H12ClN3O3S. The van der Waals surface area contributed by atoms with Crippen LogP contribution in [-0.4, -0.2) is 13.6 Å². The van der Waals surface area contributed by atoms with E-state index in [1.807, 2.05) is 6.07 Å². The Morgan fingerprint density at radius 2 is 2.14 bits per heavy atom. The molecule has 0 atom stereocenters. The number of nitriles is 1. The van der Waals surface area contributed by atoms with Gasteiger partial charge < -0.3 is 4.52 Å². The molecule has 0 amide bonds. The fourth-order valence-corrected chi connectivity index (χ4v) is 3.30. The standard InChI is InChI=1S/C13H12ClN3O3S/c1-8-11(9(2)20-17-8)7-16-21(18,19)13-5-10(6-15)3-4-12(13)14/h3-5,16H,7H2,1-2H3. The molecule has 0 radical (unpaired) electrons. The molecule has 0 aliphatic carbocycles. The Bertz CT molecular complexity index is 802. The van der Waals surface area contributed by atoms with Crippen LogP contribution in [0.1, 0.15) is 22.6 Å². The number of hydrogen-bond donors (Lipinski definition) is 1. The summed E-state index contributed by atoms with van der Waals surface area (Å²) in [5, 5.41) is 12.7. The van der Waals surface area contributed by atoms with Gasteiger partial charge in [-0.05, 0) is 32.0 Å². The highest BCUT2D eigenvalue weighted by molar-refractivity contribution is 7.89. The van der Waals surface area contributed by atoms with Gasteiger partial charge in [-0.3, -0.25) is 0 Å². The zero-order valence-corrected chi connectivity index (χ0v) is 12.9. The highest BCUT2D eigenvalue weighted by Gasteiger charge is 2.20. The van der Waals surface area contributed by atoms with Gasteiger partial charge in [-0.1, -0.05) is 16.8 Å². The zero-order chi connectivity index (χ0) is 15.6. The van der Waals surface area contributed by atoms with Gasteiger partial charge in [0.1, 0.15) is 10.7 Å². The van der Waals surface area contributed by atoms with Crippen molar-refractivity contribution < 1.29 is 12.9 Å². The molecule has 0 bridgehead atoms. The molecule has 0 spiro atoms. The topological polar surface area (TPSA) is 96.0 Å². The van der Waals surface area contributed by atoms with Crippen molar-refractivity contribution in [3.8, 4) is 6.07 Å². The maximum absolute atomic E-state index is 12.3. The molecule has 2 rings (SSSR count). The Labute approximate surface area is 127 Å². The van der Waals surface area contributed by atoms with Crippen molar-refractivity contribution in [2.75, 3.05) is 0 Å². The molecule has 0 unspecified atom stereocenters. The first kappa shape index (κ1) is 15.5. The molecule has 0 aliphatic rings. The molecule has 0 fully saturated rings. The van der Waals surface area contributed by atoms with Crippen LogP contribution in [0.3, 0.4) is 0 Å². The SMILES string of the molecule is Cc1noc(C)c1CNS(=O)(=O)c1cc(C#N)ccc1Cl. The van der Waals surface area contributed by atoms with Gasteiger partial charge in [-0.25, -0.2) is 13.1 Å². The van der Waals surface area contributed by atoms with E-state index in [0.29, 0.717) is 17.0 Å². The first-order valence-corrected chi connectivity index (χ1v) is 7.82. The molecular weight excluding hydrogens is 314 g/mol. The molecule has 0 saturated heterocycles. The van der Waals surface area contributed by atoms with Crippen LogP contribution in [0, 0.1) is 25.2 Å². The maximum Gasteiger partial charge on any atom is 0.242 e. The highest BCUT2D eigenvalue weighted by Crippen LogP contribution is 2.23. The first-order chi connectivity index (χ1) is 9.85. The van der Waals surface area contributed by atoms with E-state index in [1.54, 1.807) is 13.8 Å². The molecule has 110 valence electrons. The van der Waals surface area contributed by atoms with E-state index < -0.39 is 10.0 Å². The average molecular weight is 326 g/mol. The van der Waals surface area contributed by atoms with Crippen molar-refractivity contribution >= 4 is 21.6 Å². The number of aryl methyl sites for hydroxylation is 2. The van der Waals surface area contributed by atoms with Gasteiger partial charge in [0.05, 0.1) is 22.3 Å². The Kier molecular flexibility index (Phi) is 4.32. The second-order valence-corrected chi connectivity index (χ2v) is 6.53. The lowest BCUT2D eigenvalue weighted by Crippen LogP contribution is -2.24. The van der Waals surface area contributed by atoms with Crippen LogP contribution in [0.4, 0.5) is 0 Å². The van der Waals surface area contributed by atoms with E-state index in [0.717, 1.165) is 0 Å². The third-order valence-corrected chi connectivity index (χ3v) is 4.85. The third kappa shape index (κ3) is 3.24. The lowest BCUT2D eigenvalue weighted by atomic mass is 10.2. The Hall–Kier alpha value is -1.88. The van der Waals surface area contributed by atoms with Crippen LogP contribution in [0.15, 0.2) is 27.6 Å². The second kappa shape index (κ2) is 5.85. The van der Waals surface area contributed by atoms with Gasteiger partial charge >= 0.3 is 0 Å². The van der Waals surface area contributed by atoms with E-state index in [4.69, 9.17) is 21.4 Å². The fraction of sp³-hybridized carbons (Fsp3) is 0.231. The van der Waals surface area contributed by atoms with Crippen molar-refractivity contribution in [3.63, 3.8) is 0 Å². The minimum Gasteiger partial charge on any atom is -0.361 e. The van der Waals surface area contributed by atoms with Crippen LogP contribution in [0.2, 0.25) is 5.02 Å². The number of sulfonamides is 1. The molecule has 0 aliphatic heterocycles. The smallest absolute Gasteiger partial charge is 0.242 e. The molecule has 2 aromatic rings. The van der Waals surface area contributed by atoms with Gasteiger partial charge in [0.25, 0.3) is 0 Å². The van der Waals surface area contributed by atoms with E-state index in [1.165, 1.54) is 18.2 Å². The minimum absolute atomic E-state index is 0.0383. The van der Waals surface area contributed by atoms with Crippen LogP contribution in [-0.2, 0) is 16.6 Å². The Morgan fingerprint density at radius 3 is 2.71 bits per heavy atom. The van der Waals surface area contributed by atoms with E-state index in [2.05, 4.69) is 9.88 Å². The number of benzene rings is 1. The number of halogens is 1. The number of rotatable bonds is 4. The molecule has 1 aromatic heterocycles. The predicted molar refractivity (Wildman–Crippen MR) is 76.2 cm³/mol. The lowest BCUT2D eigenvalue weighted by Gasteiger charge is -2.08. The van der Waals surface area contributed by atoms with Crippen molar-refractivity contribution in [2.45, 2.75) is 25.3 Å². The fourth-order valence-electron chi connectivity index (χ4n) is 1.78. The number of nitrogens with zero attached hydrogens (tertiary/aromatic N) is 2. The summed E-state index contributed by atoms with van der Waals surface area (Å²) in [6, 6.07) is 5.95. The van der Waals surface area contributed by atoms with E-state index >= 15 is 0 Å². The minimum atomic E-state index is -3.84. The van der Waals surface area contributed by atoms with E-state index in [-0.39, 0.29) is 22.0 Å². The largest absolute Gasteiger partial charge is 0.361 e. The van der Waals surface area contributed by atoms with Crippen molar-refractivity contribution in [1.29, 1.82) is 5.26 Å². The van der Waals surface area contributed by atoms with Gasteiger partial charge in [-0.2, -0.15) is 5.26 Å². The third-order valence-electron chi connectivity index (χ3n) is 2.97. The summed E-state index contributed by atoms with van der Waals surface area (Å²) >= 11 is 5.90. The number of aromatic nitrogens is 1. The first-order valence-electron chi connectivity index (χ1n) is 5.96. The summed E-state index contributed by atoms with van der Waals surface area (Å²) in [7, 11) is -3.84. The Morgan fingerprint density at radius 1 is 1.43 bits per heavy atom. The molecule has 0 saturated carbocycles. The van der Waals surface area contributed by atoms with Gasteiger partial charge in [-0.15, -0.1) is 0 Å². The Balaban J connectivity index is 2.29. The normalized spacial score (nSPS) is 11.3. The molecule has 1 N–H and O–H groups in total. The molecule has 8 heteroatoms. The number of hydrogen-bond acceptors (Lipinski definition) is 5. The predicted octanol–water partition coefficient (Wildman–Crippen LogP) is 2.30. The van der Waals surface area contributed by atoms with Crippen molar-refractivity contribution in [1.82, 2.24) is 9.88 Å². The second-order valence-electron chi connectivity index (χ2n) is 4.38. The molecule has 1 aromatic carbocycles. The quantitative estimate of drug-likeness (QED) is 0.930. The summed E-state index contributed by atoms with van der Waals surface area (Å²) in [6.45, 7) is 3.47. The van der Waals surface area contributed by atoms with Crippen molar-refractivity contribution in [3.05, 3.63) is 45.8 Å². The summed E-state index contributed by atoms with van der Waals surface area (Å²) in [5.41, 5.74) is 1.51. The van der Waals surface area contributed by atoms with Gasteiger partial charge in [0.15, 0.2) is 0 Å². The summed E-state index contributed by atoms with van der Waals surface area (Å²) in [5.74, 6) is 0.548. The van der Waals surface area contributed by atoms with Crippen LogP contribution in [0.5, 0.6) is 0 Å². The summed E-state index contributed by atoms with van der Waals surface area (Å²) in [6.07, 6.45) is 0. The molecule has 21 heavy (non-hydrogen) atoms. The van der Waals surface area contributed by atoms with Crippen LogP contribution < -0.4 is 4.72 Å². The van der Waals surface area contributed by atoms with E-state index in [9.17, 15) is 8.42 Å². The summed E-state index contributed by atoms with van der Waals surface area (Å²) < 4.78 is 32.0. The van der Waals surface area contributed by atoms with Crippen molar-refractivity contribution in [2.24, 2.45) is 0 Å². The lowest BCUT2D eigenvalue weighted by molar-refractivity contribution is 0.392. The number of nitrogens with one attached hydrogen (secondary N) is 1. The van der Waals surface area contributed by atoms with Crippen LogP contribution in [0.25, 0.3) is 0 Å². The molecule has 1 heterocycles. The monoisotopic (exact) mass is 325 g/mol. The summed E-state index contributed by atoms with van der Waals surface area (Å²) in [4.78, 5) is -0.130.